The molecule has 0 radical (unpaired) electrons. The van der Waals surface area contributed by atoms with Crippen LogP contribution in [0, 0.1) is 0 Å². The molecule has 0 spiro atoms. The Morgan fingerprint density at radius 3 is 2.47 bits per heavy atom. The van der Waals surface area contributed by atoms with Crippen LogP contribution in [0.2, 0.25) is 0 Å². The van der Waals surface area contributed by atoms with Gasteiger partial charge in [-0.15, -0.1) is 0 Å². The van der Waals surface area contributed by atoms with Crippen molar-refractivity contribution in [3.63, 3.8) is 0 Å². The molecule has 2 rings (SSSR count). The van der Waals surface area contributed by atoms with Gasteiger partial charge in [0, 0.05) is 31.5 Å². The molecule has 1 atom stereocenters. The van der Waals surface area contributed by atoms with E-state index in [4.69, 9.17) is 4.74 Å². The van der Waals surface area contributed by atoms with Crippen LogP contribution in [0.25, 0.3) is 0 Å². The van der Waals surface area contributed by atoms with E-state index in [-0.39, 0.29) is 11.9 Å². The summed E-state index contributed by atoms with van der Waals surface area (Å²) in [5.74, 6) is -0.0164. The van der Waals surface area contributed by atoms with Crippen LogP contribution in [-0.2, 0) is 9.53 Å². The van der Waals surface area contributed by atoms with Crippen LogP contribution >= 0.6 is 0 Å². The fourth-order valence-electron chi connectivity index (χ4n) is 2.12. The monoisotopic (exact) mass is 263 g/mol. The molecule has 0 aromatic heterocycles. The molecule has 1 aliphatic rings. The molecule has 0 bridgehead atoms. The largest absolute Gasteiger partial charge is 0.378 e. The van der Waals surface area contributed by atoms with E-state index in [2.05, 4.69) is 27.7 Å². The Bertz CT molecular complexity index is 413. The second kappa shape index (κ2) is 6.43. The predicted molar refractivity (Wildman–Crippen MR) is 76.6 cm³/mol. The molecule has 1 amide bonds. The van der Waals surface area contributed by atoms with Gasteiger partial charge in [-0.2, -0.15) is 0 Å². The molecular weight excluding hydrogens is 242 g/mol. The van der Waals surface area contributed by atoms with Gasteiger partial charge in [0.15, 0.2) is 0 Å². The molecular formula is C14H21N3O2. The molecule has 0 saturated carbocycles. The quantitative estimate of drug-likeness (QED) is 0.853. The number of nitrogens with one attached hydrogen (secondary N) is 2. The molecule has 1 aromatic carbocycles. The molecule has 104 valence electrons. The topological polar surface area (TPSA) is 53.6 Å². The molecule has 1 aliphatic heterocycles. The summed E-state index contributed by atoms with van der Waals surface area (Å²) in [6, 6.07) is 7.92. The third-order valence-corrected chi connectivity index (χ3v) is 3.27. The molecule has 1 saturated heterocycles. The van der Waals surface area contributed by atoms with Crippen LogP contribution in [0.15, 0.2) is 24.3 Å². The molecule has 2 N–H and O–H groups in total. The summed E-state index contributed by atoms with van der Waals surface area (Å²) >= 11 is 0. The Balaban J connectivity index is 1.96. The predicted octanol–water partition coefficient (Wildman–Crippen LogP) is 1.07. The number of amides is 1. The van der Waals surface area contributed by atoms with E-state index in [9.17, 15) is 4.79 Å². The Morgan fingerprint density at radius 1 is 1.26 bits per heavy atom. The van der Waals surface area contributed by atoms with Crippen molar-refractivity contribution < 1.29 is 9.53 Å². The van der Waals surface area contributed by atoms with Gasteiger partial charge < -0.3 is 20.3 Å². The van der Waals surface area contributed by atoms with Crippen molar-refractivity contribution >= 4 is 17.3 Å². The van der Waals surface area contributed by atoms with Crippen molar-refractivity contribution in [2.75, 3.05) is 43.6 Å². The maximum absolute atomic E-state index is 11.4. The van der Waals surface area contributed by atoms with Gasteiger partial charge in [-0.1, -0.05) is 0 Å². The van der Waals surface area contributed by atoms with Gasteiger partial charge in [-0.25, -0.2) is 0 Å². The molecule has 1 unspecified atom stereocenters. The lowest BCUT2D eigenvalue weighted by Gasteiger charge is -2.29. The lowest BCUT2D eigenvalue weighted by atomic mass is 10.2. The first-order valence-electron chi connectivity index (χ1n) is 6.61. The molecule has 1 aromatic rings. The summed E-state index contributed by atoms with van der Waals surface area (Å²) in [5, 5.41) is 5.79. The lowest BCUT2D eigenvalue weighted by Crippen LogP contribution is -2.36. The van der Waals surface area contributed by atoms with Crippen molar-refractivity contribution in [3.05, 3.63) is 24.3 Å². The standard InChI is InChI=1S/C14H21N3O2/c1-11(14(18)15-2)16-12-3-5-13(6-4-12)17-7-9-19-10-8-17/h3-6,11,16H,7-10H2,1-2H3,(H,15,18). The molecule has 1 fully saturated rings. The highest BCUT2D eigenvalue weighted by molar-refractivity contribution is 5.83. The minimum atomic E-state index is -0.237. The summed E-state index contributed by atoms with van der Waals surface area (Å²) < 4.78 is 5.34. The van der Waals surface area contributed by atoms with Gasteiger partial charge in [-0.05, 0) is 31.2 Å². The van der Waals surface area contributed by atoms with Crippen LogP contribution in [0.1, 0.15) is 6.92 Å². The number of ether oxygens (including phenoxy) is 1. The molecule has 5 heteroatoms. The highest BCUT2D eigenvalue weighted by Crippen LogP contribution is 2.19. The van der Waals surface area contributed by atoms with E-state index in [1.165, 1.54) is 5.69 Å². The third kappa shape index (κ3) is 3.61. The number of hydrogen-bond acceptors (Lipinski definition) is 4. The maximum atomic E-state index is 11.4. The average molecular weight is 263 g/mol. The zero-order valence-corrected chi connectivity index (χ0v) is 11.5. The molecule has 1 heterocycles. The summed E-state index contributed by atoms with van der Waals surface area (Å²) in [5.41, 5.74) is 2.15. The number of hydrogen-bond donors (Lipinski definition) is 2. The van der Waals surface area contributed by atoms with Crippen molar-refractivity contribution in [2.24, 2.45) is 0 Å². The fourth-order valence-corrected chi connectivity index (χ4v) is 2.12. The second-order valence-electron chi connectivity index (χ2n) is 4.63. The third-order valence-electron chi connectivity index (χ3n) is 3.27. The summed E-state index contributed by atoms with van der Waals surface area (Å²) in [6.07, 6.45) is 0. The van der Waals surface area contributed by atoms with Crippen LogP contribution in [0.5, 0.6) is 0 Å². The number of morpholine rings is 1. The van der Waals surface area contributed by atoms with E-state index >= 15 is 0 Å². The Morgan fingerprint density at radius 2 is 1.89 bits per heavy atom. The minimum absolute atomic E-state index is 0.0164. The lowest BCUT2D eigenvalue weighted by molar-refractivity contribution is -0.121. The van der Waals surface area contributed by atoms with Crippen LogP contribution in [0.4, 0.5) is 11.4 Å². The Kier molecular flexibility index (Phi) is 4.63. The number of carbonyl (C=O) groups is 1. The van der Waals surface area contributed by atoms with Crippen LogP contribution < -0.4 is 15.5 Å². The summed E-state index contributed by atoms with van der Waals surface area (Å²) in [4.78, 5) is 13.7. The van der Waals surface area contributed by atoms with Crippen molar-refractivity contribution in [1.82, 2.24) is 5.32 Å². The van der Waals surface area contributed by atoms with E-state index in [0.717, 1.165) is 32.0 Å². The van der Waals surface area contributed by atoms with Crippen molar-refractivity contribution in [3.8, 4) is 0 Å². The average Bonchev–Trinajstić information content (AvgIpc) is 2.48. The van der Waals surface area contributed by atoms with E-state index < -0.39 is 0 Å². The fraction of sp³-hybridized carbons (Fsp3) is 0.500. The van der Waals surface area contributed by atoms with Crippen molar-refractivity contribution in [2.45, 2.75) is 13.0 Å². The number of carbonyl (C=O) groups excluding carboxylic acids is 1. The Labute approximate surface area is 113 Å². The zero-order valence-electron chi connectivity index (χ0n) is 11.5. The minimum Gasteiger partial charge on any atom is -0.378 e. The van der Waals surface area contributed by atoms with Gasteiger partial charge in [0.2, 0.25) is 5.91 Å². The highest BCUT2D eigenvalue weighted by atomic mass is 16.5. The smallest absolute Gasteiger partial charge is 0.241 e. The second-order valence-corrected chi connectivity index (χ2v) is 4.63. The van der Waals surface area contributed by atoms with Gasteiger partial charge in [0.05, 0.1) is 13.2 Å². The summed E-state index contributed by atoms with van der Waals surface area (Å²) in [7, 11) is 1.64. The first kappa shape index (κ1) is 13.7. The molecule has 0 aliphatic carbocycles. The van der Waals surface area contributed by atoms with E-state index in [0.29, 0.717) is 0 Å². The number of benzene rings is 1. The summed E-state index contributed by atoms with van der Waals surface area (Å²) in [6.45, 7) is 5.28. The SMILES string of the molecule is CNC(=O)C(C)Nc1ccc(N2CCOCC2)cc1. The highest BCUT2D eigenvalue weighted by Gasteiger charge is 2.12. The zero-order chi connectivity index (χ0) is 13.7. The van der Waals surface area contributed by atoms with Gasteiger partial charge in [-0.3, -0.25) is 4.79 Å². The maximum Gasteiger partial charge on any atom is 0.241 e. The normalized spacial score (nSPS) is 16.8. The number of likely N-dealkylation sites (N-methyl/N-ethyl adjacent to an activating group) is 1. The van der Waals surface area contributed by atoms with E-state index in [1.807, 2.05) is 19.1 Å². The van der Waals surface area contributed by atoms with Crippen LogP contribution in [-0.4, -0.2) is 45.3 Å². The number of nitrogens with zero attached hydrogens (tertiary/aromatic N) is 1. The molecule has 19 heavy (non-hydrogen) atoms. The van der Waals surface area contributed by atoms with Gasteiger partial charge >= 0.3 is 0 Å². The van der Waals surface area contributed by atoms with Gasteiger partial charge in [0.25, 0.3) is 0 Å². The number of anilines is 2. The Hall–Kier alpha value is -1.75. The first-order chi connectivity index (χ1) is 9.20. The first-order valence-corrected chi connectivity index (χ1v) is 6.61. The van der Waals surface area contributed by atoms with E-state index in [1.54, 1.807) is 7.05 Å². The van der Waals surface area contributed by atoms with Gasteiger partial charge in [0.1, 0.15) is 6.04 Å². The molecule has 5 nitrogen and oxygen atoms in total. The van der Waals surface area contributed by atoms with Crippen molar-refractivity contribution in [1.29, 1.82) is 0 Å². The van der Waals surface area contributed by atoms with Crippen LogP contribution in [0.3, 0.4) is 0 Å². The number of rotatable bonds is 4.